The molecule has 0 aliphatic rings. The first-order valence-corrected chi connectivity index (χ1v) is 9.90. The molecule has 0 fully saturated rings. The van der Waals surface area contributed by atoms with Crippen molar-refractivity contribution in [1.82, 2.24) is 10.6 Å². The molecule has 11 nitrogen and oxygen atoms in total. The molecule has 2 amide bonds. The van der Waals surface area contributed by atoms with Crippen molar-refractivity contribution in [3.63, 3.8) is 0 Å². The molecule has 0 aliphatic heterocycles. The van der Waals surface area contributed by atoms with Crippen LogP contribution in [0.1, 0.15) is 12.8 Å². The lowest BCUT2D eigenvalue weighted by Crippen LogP contribution is -2.49. The molecule has 1 rings (SSSR count). The Bertz CT molecular complexity index is 792. The van der Waals surface area contributed by atoms with Gasteiger partial charge in [-0.3, -0.25) is 19.2 Å². The van der Waals surface area contributed by atoms with Gasteiger partial charge >= 0.3 is 11.9 Å². The quantitative estimate of drug-likeness (QED) is 0.160. The van der Waals surface area contributed by atoms with E-state index in [9.17, 15) is 29.4 Å². The SMILES string of the molecule is N[C@@H](CCC(=O)N[C@@H](CSc1cc(O)cc(Br)c1O)C(=O)NCC(=O)O)C(=O)O. The third-order valence-corrected chi connectivity index (χ3v) is 5.21. The molecule has 0 radical (unpaired) electrons. The summed E-state index contributed by atoms with van der Waals surface area (Å²) >= 11 is 4.00. The predicted molar refractivity (Wildman–Crippen MR) is 106 cm³/mol. The minimum atomic E-state index is -1.28. The van der Waals surface area contributed by atoms with Crippen LogP contribution in [0, 0.1) is 0 Å². The molecule has 1 aromatic carbocycles. The maximum atomic E-state index is 12.2. The average molecular weight is 494 g/mol. The predicted octanol–water partition coefficient (Wildman–Crippen LogP) is -0.170. The van der Waals surface area contributed by atoms with Crippen molar-refractivity contribution >= 4 is 51.4 Å². The lowest BCUT2D eigenvalue weighted by Gasteiger charge is -2.18. The molecular weight excluding hydrogens is 474 g/mol. The van der Waals surface area contributed by atoms with E-state index in [1.807, 2.05) is 0 Å². The molecule has 160 valence electrons. The number of phenols is 2. The summed E-state index contributed by atoms with van der Waals surface area (Å²) in [5, 5.41) is 41.6. The number of benzene rings is 1. The molecule has 0 spiro atoms. The highest BCUT2D eigenvalue weighted by Crippen LogP contribution is 2.38. The van der Waals surface area contributed by atoms with Gasteiger partial charge in [-0.2, -0.15) is 0 Å². The highest BCUT2D eigenvalue weighted by molar-refractivity contribution is 9.10. The Balaban J connectivity index is 2.83. The third-order valence-electron chi connectivity index (χ3n) is 3.48. The van der Waals surface area contributed by atoms with Gasteiger partial charge in [-0.25, -0.2) is 0 Å². The van der Waals surface area contributed by atoms with Crippen molar-refractivity contribution in [3.05, 3.63) is 16.6 Å². The van der Waals surface area contributed by atoms with Gasteiger partial charge in [0.05, 0.1) is 9.37 Å². The number of aromatic hydroxyl groups is 2. The highest BCUT2D eigenvalue weighted by Gasteiger charge is 2.23. The number of carboxylic acid groups (broad SMARTS) is 2. The number of rotatable bonds is 11. The second-order valence-electron chi connectivity index (χ2n) is 5.80. The largest absolute Gasteiger partial charge is 0.508 e. The van der Waals surface area contributed by atoms with Gasteiger partial charge in [-0.15, -0.1) is 11.8 Å². The summed E-state index contributed by atoms with van der Waals surface area (Å²) in [4.78, 5) is 45.8. The summed E-state index contributed by atoms with van der Waals surface area (Å²) in [5.41, 5.74) is 5.33. The number of thioether (sulfide) groups is 1. The van der Waals surface area contributed by atoms with Crippen LogP contribution in [-0.2, 0) is 19.2 Å². The van der Waals surface area contributed by atoms with Gasteiger partial charge in [0.1, 0.15) is 30.1 Å². The fraction of sp³-hybridized carbons (Fsp3) is 0.375. The highest BCUT2D eigenvalue weighted by atomic mass is 79.9. The van der Waals surface area contributed by atoms with Crippen molar-refractivity contribution in [2.24, 2.45) is 5.73 Å². The van der Waals surface area contributed by atoms with Gasteiger partial charge < -0.3 is 36.8 Å². The van der Waals surface area contributed by atoms with E-state index in [1.54, 1.807) is 0 Å². The fourth-order valence-electron chi connectivity index (χ4n) is 1.99. The second-order valence-corrected chi connectivity index (χ2v) is 7.72. The van der Waals surface area contributed by atoms with Crippen molar-refractivity contribution in [2.75, 3.05) is 12.3 Å². The van der Waals surface area contributed by atoms with Gasteiger partial charge in [-0.1, -0.05) is 0 Å². The van der Waals surface area contributed by atoms with E-state index in [0.29, 0.717) is 0 Å². The molecular formula is C16H20BrN3O8S. The number of hydrogen-bond acceptors (Lipinski definition) is 8. The molecule has 2 atom stereocenters. The van der Waals surface area contributed by atoms with E-state index >= 15 is 0 Å². The molecule has 1 aromatic rings. The Kier molecular flexibility index (Phi) is 9.71. The second kappa shape index (κ2) is 11.5. The number of carboxylic acids is 2. The Morgan fingerprint density at radius 3 is 2.41 bits per heavy atom. The third kappa shape index (κ3) is 8.58. The van der Waals surface area contributed by atoms with Crippen molar-refractivity contribution in [2.45, 2.75) is 29.8 Å². The number of hydrogen-bond donors (Lipinski definition) is 7. The first kappa shape index (κ1) is 24.5. The molecule has 0 saturated heterocycles. The summed E-state index contributed by atoms with van der Waals surface area (Å²) in [6.07, 6.45) is -0.415. The Hall–Kier alpha value is -2.51. The number of carbonyl (C=O) groups excluding carboxylic acids is 2. The van der Waals surface area contributed by atoms with Gasteiger partial charge in [0.25, 0.3) is 0 Å². The lowest BCUT2D eigenvalue weighted by molar-refractivity contribution is -0.139. The number of phenolic OH excluding ortho intramolecular Hbond substituents is 2. The summed E-state index contributed by atoms with van der Waals surface area (Å²) < 4.78 is 0.221. The van der Waals surface area contributed by atoms with Gasteiger partial charge in [0.15, 0.2) is 0 Å². The zero-order valence-electron chi connectivity index (χ0n) is 14.9. The number of carbonyl (C=O) groups is 4. The number of aliphatic carboxylic acids is 2. The van der Waals surface area contributed by atoms with E-state index in [2.05, 4.69) is 26.6 Å². The maximum Gasteiger partial charge on any atom is 0.322 e. The van der Waals surface area contributed by atoms with Crippen LogP contribution in [0.2, 0.25) is 0 Å². The number of halogens is 1. The van der Waals surface area contributed by atoms with Crippen molar-refractivity contribution in [3.8, 4) is 11.5 Å². The van der Waals surface area contributed by atoms with E-state index in [4.69, 9.17) is 15.9 Å². The molecule has 8 N–H and O–H groups in total. The zero-order chi connectivity index (χ0) is 22.1. The Morgan fingerprint density at radius 2 is 1.83 bits per heavy atom. The van der Waals surface area contributed by atoms with Crippen LogP contribution in [0.3, 0.4) is 0 Å². The van der Waals surface area contributed by atoms with Crippen LogP contribution < -0.4 is 16.4 Å². The smallest absolute Gasteiger partial charge is 0.322 e. The lowest BCUT2D eigenvalue weighted by atomic mass is 10.1. The zero-order valence-corrected chi connectivity index (χ0v) is 17.3. The summed E-state index contributed by atoms with van der Waals surface area (Å²) in [6.45, 7) is -0.664. The van der Waals surface area contributed by atoms with Gasteiger partial charge in [-0.05, 0) is 34.5 Å². The van der Waals surface area contributed by atoms with Crippen LogP contribution in [-0.4, -0.2) is 68.6 Å². The minimum Gasteiger partial charge on any atom is -0.508 e. The van der Waals surface area contributed by atoms with E-state index < -0.39 is 42.4 Å². The molecule has 0 bridgehead atoms. The van der Waals surface area contributed by atoms with Crippen LogP contribution in [0.5, 0.6) is 11.5 Å². The molecule has 13 heteroatoms. The van der Waals surface area contributed by atoms with Gasteiger partial charge in [0, 0.05) is 12.2 Å². The van der Waals surface area contributed by atoms with Crippen LogP contribution in [0.15, 0.2) is 21.5 Å². The van der Waals surface area contributed by atoms with Crippen molar-refractivity contribution < 1.29 is 39.6 Å². The average Bonchev–Trinajstić information content (AvgIpc) is 2.64. The molecule has 0 aliphatic carbocycles. The Morgan fingerprint density at radius 1 is 1.17 bits per heavy atom. The molecule has 0 aromatic heterocycles. The maximum absolute atomic E-state index is 12.2. The topological polar surface area (TPSA) is 199 Å². The van der Waals surface area contributed by atoms with Crippen LogP contribution in [0.4, 0.5) is 0 Å². The molecule has 0 saturated carbocycles. The molecule has 0 heterocycles. The van der Waals surface area contributed by atoms with E-state index in [0.717, 1.165) is 11.8 Å². The number of nitrogens with two attached hydrogens (primary N) is 1. The number of nitrogens with one attached hydrogen (secondary N) is 2. The van der Waals surface area contributed by atoms with Gasteiger partial charge in [0.2, 0.25) is 11.8 Å². The first-order valence-electron chi connectivity index (χ1n) is 8.12. The normalized spacial score (nSPS) is 12.6. The van der Waals surface area contributed by atoms with Crippen LogP contribution >= 0.6 is 27.7 Å². The fourth-order valence-corrected chi connectivity index (χ4v) is 3.60. The van der Waals surface area contributed by atoms with E-state index in [-0.39, 0.29) is 39.5 Å². The van der Waals surface area contributed by atoms with Crippen LogP contribution in [0.25, 0.3) is 0 Å². The molecule has 29 heavy (non-hydrogen) atoms. The summed E-state index contributed by atoms with van der Waals surface area (Å²) in [5.74, 6) is -4.42. The Labute approximate surface area is 177 Å². The minimum absolute atomic E-state index is 0.106. The standard InChI is InChI=1S/C16H20BrN3O8S/c17-8-3-7(21)4-11(14(8)25)29-6-10(15(26)19-5-13(23)24)20-12(22)2-1-9(18)16(27)28/h3-4,9-10,21,25H,1-2,5-6,18H2,(H,19,26)(H,20,22)(H,23,24)(H,27,28)/t9-,10-/m0/s1. The molecule has 0 unspecified atom stereocenters. The number of amides is 2. The first-order chi connectivity index (χ1) is 13.5. The monoisotopic (exact) mass is 493 g/mol. The van der Waals surface area contributed by atoms with E-state index in [1.165, 1.54) is 12.1 Å². The van der Waals surface area contributed by atoms with Crippen molar-refractivity contribution in [1.29, 1.82) is 0 Å². The summed E-state index contributed by atoms with van der Waals surface area (Å²) in [7, 11) is 0. The summed E-state index contributed by atoms with van der Waals surface area (Å²) in [6, 6.07) is 0.0959.